The highest BCUT2D eigenvalue weighted by Crippen LogP contribution is 2.29. The SMILES string of the molecule is O=C1NCC2(CCN(C(=O)Cc3cnccn3)CC2)O1. The molecule has 2 fully saturated rings. The van der Waals surface area contributed by atoms with Gasteiger partial charge in [0.1, 0.15) is 5.60 Å². The summed E-state index contributed by atoms with van der Waals surface area (Å²) in [5, 5.41) is 2.68. The molecule has 20 heavy (non-hydrogen) atoms. The molecule has 2 amide bonds. The molecular formula is C13H16N4O3. The monoisotopic (exact) mass is 276 g/mol. The smallest absolute Gasteiger partial charge is 0.407 e. The third-order valence-electron chi connectivity index (χ3n) is 3.84. The van der Waals surface area contributed by atoms with Gasteiger partial charge in [-0.15, -0.1) is 0 Å². The number of nitrogens with zero attached hydrogens (tertiary/aromatic N) is 3. The van der Waals surface area contributed by atoms with E-state index in [-0.39, 0.29) is 18.4 Å². The van der Waals surface area contributed by atoms with E-state index in [1.54, 1.807) is 23.5 Å². The lowest BCUT2D eigenvalue weighted by Crippen LogP contribution is -2.48. The fourth-order valence-electron chi connectivity index (χ4n) is 2.63. The molecular weight excluding hydrogens is 260 g/mol. The van der Waals surface area contributed by atoms with Gasteiger partial charge in [-0.1, -0.05) is 0 Å². The first-order chi connectivity index (χ1) is 9.67. The number of ether oxygens (including phenoxy) is 1. The Morgan fingerprint density at radius 3 is 2.80 bits per heavy atom. The second-order valence-electron chi connectivity index (χ2n) is 5.18. The lowest BCUT2D eigenvalue weighted by Gasteiger charge is -2.37. The summed E-state index contributed by atoms with van der Waals surface area (Å²) in [5.41, 5.74) is 0.257. The summed E-state index contributed by atoms with van der Waals surface area (Å²) in [4.78, 5) is 33.2. The van der Waals surface area contributed by atoms with E-state index in [0.717, 1.165) is 0 Å². The Hall–Kier alpha value is -2.18. The third-order valence-corrected chi connectivity index (χ3v) is 3.84. The van der Waals surface area contributed by atoms with Crippen LogP contribution in [0.3, 0.4) is 0 Å². The first-order valence-electron chi connectivity index (χ1n) is 6.66. The summed E-state index contributed by atoms with van der Waals surface area (Å²) in [7, 11) is 0. The number of likely N-dealkylation sites (tertiary alicyclic amines) is 1. The minimum atomic E-state index is -0.416. The van der Waals surface area contributed by atoms with Gasteiger partial charge < -0.3 is 15.0 Å². The van der Waals surface area contributed by atoms with Gasteiger partial charge >= 0.3 is 6.09 Å². The molecule has 7 nitrogen and oxygen atoms in total. The molecule has 3 heterocycles. The van der Waals surface area contributed by atoms with Crippen molar-refractivity contribution in [1.82, 2.24) is 20.2 Å². The molecule has 1 aromatic rings. The highest BCUT2D eigenvalue weighted by atomic mass is 16.6. The van der Waals surface area contributed by atoms with Crippen LogP contribution in [0.4, 0.5) is 4.79 Å². The molecule has 0 unspecified atom stereocenters. The van der Waals surface area contributed by atoms with Crippen molar-refractivity contribution >= 4 is 12.0 Å². The van der Waals surface area contributed by atoms with Crippen molar-refractivity contribution in [3.05, 3.63) is 24.3 Å². The quantitative estimate of drug-likeness (QED) is 0.829. The number of hydrogen-bond donors (Lipinski definition) is 1. The number of amides is 2. The zero-order valence-electron chi connectivity index (χ0n) is 11.0. The van der Waals surface area contributed by atoms with Crippen LogP contribution in [0.1, 0.15) is 18.5 Å². The first kappa shape index (κ1) is 12.8. The van der Waals surface area contributed by atoms with Crippen LogP contribution < -0.4 is 5.32 Å². The second-order valence-corrected chi connectivity index (χ2v) is 5.18. The summed E-state index contributed by atoms with van der Waals surface area (Å²) in [5.74, 6) is 0.0395. The van der Waals surface area contributed by atoms with E-state index < -0.39 is 5.60 Å². The van der Waals surface area contributed by atoms with Crippen LogP contribution in [-0.4, -0.2) is 52.1 Å². The Morgan fingerprint density at radius 1 is 1.40 bits per heavy atom. The number of hydrogen-bond acceptors (Lipinski definition) is 5. The van der Waals surface area contributed by atoms with E-state index in [9.17, 15) is 9.59 Å². The maximum Gasteiger partial charge on any atom is 0.407 e. The Morgan fingerprint density at radius 2 is 2.20 bits per heavy atom. The Balaban J connectivity index is 1.55. The molecule has 2 aliphatic rings. The average Bonchev–Trinajstić information content (AvgIpc) is 2.81. The van der Waals surface area contributed by atoms with Crippen molar-refractivity contribution < 1.29 is 14.3 Å². The van der Waals surface area contributed by atoms with Gasteiger partial charge in [-0.2, -0.15) is 0 Å². The van der Waals surface area contributed by atoms with Crippen molar-refractivity contribution in [3.8, 4) is 0 Å². The maximum atomic E-state index is 12.2. The van der Waals surface area contributed by atoms with Crippen molar-refractivity contribution in [2.75, 3.05) is 19.6 Å². The first-order valence-corrected chi connectivity index (χ1v) is 6.66. The van der Waals surface area contributed by atoms with Crippen LogP contribution in [-0.2, 0) is 16.0 Å². The Kier molecular flexibility index (Phi) is 3.25. The topological polar surface area (TPSA) is 84.4 Å². The standard InChI is InChI=1S/C13H16N4O3/c18-11(7-10-8-14-3-4-15-10)17-5-1-13(2-6-17)9-16-12(19)20-13/h3-4,8H,1-2,5-7,9H2,(H,16,19). The van der Waals surface area contributed by atoms with Crippen LogP contribution in [0, 0.1) is 0 Å². The highest BCUT2D eigenvalue weighted by Gasteiger charge is 2.43. The second kappa shape index (κ2) is 5.07. The van der Waals surface area contributed by atoms with E-state index in [1.165, 1.54) is 0 Å². The number of nitrogens with one attached hydrogen (secondary N) is 1. The van der Waals surface area contributed by atoms with Gasteiger partial charge in [0.05, 0.1) is 18.7 Å². The van der Waals surface area contributed by atoms with E-state index in [4.69, 9.17) is 4.74 Å². The van der Waals surface area contributed by atoms with Crippen LogP contribution in [0.2, 0.25) is 0 Å². The van der Waals surface area contributed by atoms with Crippen LogP contribution in [0.25, 0.3) is 0 Å². The van der Waals surface area contributed by atoms with Crippen LogP contribution in [0.15, 0.2) is 18.6 Å². The minimum absolute atomic E-state index is 0.0395. The third kappa shape index (κ3) is 2.56. The van der Waals surface area contributed by atoms with Gasteiger partial charge in [0.25, 0.3) is 0 Å². The van der Waals surface area contributed by atoms with Crippen LogP contribution >= 0.6 is 0 Å². The number of carbonyl (C=O) groups is 2. The van der Waals surface area contributed by atoms with Gasteiger partial charge in [0, 0.05) is 44.5 Å². The maximum absolute atomic E-state index is 12.2. The van der Waals surface area contributed by atoms with Crippen molar-refractivity contribution in [2.45, 2.75) is 24.9 Å². The van der Waals surface area contributed by atoms with E-state index in [0.29, 0.717) is 38.2 Å². The molecule has 0 bridgehead atoms. The normalized spacial score (nSPS) is 20.6. The molecule has 1 N–H and O–H groups in total. The predicted octanol–water partition coefficient (Wildman–Crippen LogP) is 0.120. The van der Waals surface area contributed by atoms with Crippen molar-refractivity contribution in [3.63, 3.8) is 0 Å². The number of piperidine rings is 1. The number of aromatic nitrogens is 2. The minimum Gasteiger partial charge on any atom is -0.441 e. The summed E-state index contributed by atoms with van der Waals surface area (Å²) >= 11 is 0. The van der Waals surface area contributed by atoms with Crippen molar-refractivity contribution in [2.24, 2.45) is 0 Å². The number of alkyl carbamates (subject to hydrolysis) is 1. The molecule has 2 aliphatic heterocycles. The average molecular weight is 276 g/mol. The fraction of sp³-hybridized carbons (Fsp3) is 0.538. The summed E-state index contributed by atoms with van der Waals surface area (Å²) in [6, 6.07) is 0. The lowest BCUT2D eigenvalue weighted by molar-refractivity contribution is -0.133. The zero-order valence-corrected chi connectivity index (χ0v) is 11.0. The van der Waals surface area contributed by atoms with Gasteiger partial charge in [-0.25, -0.2) is 4.79 Å². The summed E-state index contributed by atoms with van der Waals surface area (Å²) in [6.07, 6.45) is 6.03. The summed E-state index contributed by atoms with van der Waals surface area (Å²) in [6.45, 7) is 1.75. The fourth-order valence-corrected chi connectivity index (χ4v) is 2.63. The lowest BCUT2D eigenvalue weighted by atomic mass is 9.91. The van der Waals surface area contributed by atoms with E-state index in [2.05, 4.69) is 15.3 Å². The summed E-state index contributed by atoms with van der Waals surface area (Å²) < 4.78 is 5.33. The molecule has 0 aromatic carbocycles. The Bertz CT molecular complexity index is 512. The molecule has 0 aliphatic carbocycles. The largest absolute Gasteiger partial charge is 0.441 e. The molecule has 0 radical (unpaired) electrons. The van der Waals surface area contributed by atoms with Gasteiger partial charge in [-0.05, 0) is 0 Å². The van der Waals surface area contributed by atoms with Gasteiger partial charge in [-0.3, -0.25) is 14.8 Å². The molecule has 1 aromatic heterocycles. The van der Waals surface area contributed by atoms with E-state index >= 15 is 0 Å². The van der Waals surface area contributed by atoms with Crippen molar-refractivity contribution in [1.29, 1.82) is 0 Å². The number of carbonyl (C=O) groups excluding carboxylic acids is 2. The number of rotatable bonds is 2. The molecule has 2 saturated heterocycles. The van der Waals surface area contributed by atoms with Gasteiger partial charge in [0.2, 0.25) is 5.91 Å². The van der Waals surface area contributed by atoms with Gasteiger partial charge in [0.15, 0.2) is 0 Å². The molecule has 106 valence electrons. The van der Waals surface area contributed by atoms with E-state index in [1.807, 2.05) is 0 Å². The molecule has 3 rings (SSSR count). The molecule has 0 atom stereocenters. The molecule has 1 spiro atoms. The Labute approximate surface area is 116 Å². The van der Waals surface area contributed by atoms with Crippen LogP contribution in [0.5, 0.6) is 0 Å². The zero-order chi connectivity index (χ0) is 14.0. The molecule has 0 saturated carbocycles. The highest BCUT2D eigenvalue weighted by molar-refractivity contribution is 5.78. The predicted molar refractivity (Wildman–Crippen MR) is 68.8 cm³/mol. The molecule has 7 heteroatoms.